The minimum Gasteiger partial charge on any atom is -0.389 e. The molecule has 0 bridgehead atoms. The van der Waals surface area contributed by atoms with Gasteiger partial charge < -0.3 is 11.1 Å². The highest BCUT2D eigenvalue weighted by molar-refractivity contribution is 7.80. The van der Waals surface area contributed by atoms with Gasteiger partial charge in [-0.15, -0.1) is 0 Å². The van der Waals surface area contributed by atoms with Crippen LogP contribution in [0.4, 0.5) is 24.5 Å². The number of nitrogens with one attached hydrogen (secondary N) is 1. The van der Waals surface area contributed by atoms with Crippen LogP contribution in [0.1, 0.15) is 5.56 Å². The fraction of sp³-hybridized carbons (Fsp3) is 0. The van der Waals surface area contributed by atoms with E-state index in [0.717, 1.165) is 12.1 Å². The number of anilines is 2. The molecular formula is C13H8ClF3N2S. The van der Waals surface area contributed by atoms with Gasteiger partial charge in [-0.2, -0.15) is 0 Å². The van der Waals surface area contributed by atoms with Crippen molar-refractivity contribution in [3.05, 3.63) is 58.4 Å². The molecule has 7 heteroatoms. The summed E-state index contributed by atoms with van der Waals surface area (Å²) in [6.45, 7) is 0. The molecule has 0 aliphatic heterocycles. The zero-order valence-corrected chi connectivity index (χ0v) is 11.5. The predicted molar refractivity (Wildman–Crippen MR) is 76.9 cm³/mol. The highest BCUT2D eigenvalue weighted by atomic mass is 35.5. The molecule has 0 radical (unpaired) electrons. The average molecular weight is 317 g/mol. The number of hydrogen-bond donors (Lipinski definition) is 2. The van der Waals surface area contributed by atoms with Crippen molar-refractivity contribution < 1.29 is 13.2 Å². The van der Waals surface area contributed by atoms with Crippen molar-refractivity contribution >= 4 is 40.2 Å². The van der Waals surface area contributed by atoms with Crippen LogP contribution >= 0.6 is 23.8 Å². The van der Waals surface area contributed by atoms with Gasteiger partial charge in [0.1, 0.15) is 10.8 Å². The van der Waals surface area contributed by atoms with E-state index in [1.165, 1.54) is 18.2 Å². The summed E-state index contributed by atoms with van der Waals surface area (Å²) in [6.07, 6.45) is 0. The number of nitrogens with two attached hydrogens (primary N) is 1. The van der Waals surface area contributed by atoms with Crippen molar-refractivity contribution in [2.24, 2.45) is 5.73 Å². The molecule has 0 unspecified atom stereocenters. The van der Waals surface area contributed by atoms with Crippen molar-refractivity contribution in [3.8, 4) is 0 Å². The Labute approximate surface area is 123 Å². The van der Waals surface area contributed by atoms with Crippen LogP contribution in [0.5, 0.6) is 0 Å². The van der Waals surface area contributed by atoms with Crippen molar-refractivity contribution in [2.75, 3.05) is 5.32 Å². The Balaban J connectivity index is 2.39. The number of benzene rings is 2. The van der Waals surface area contributed by atoms with Crippen LogP contribution in [-0.4, -0.2) is 4.99 Å². The molecule has 0 atom stereocenters. The standard InChI is InChI=1S/C13H8ClF3N2S/c14-8-5-6(15)1-3-9(8)19-10-4-2-7(13(18)20)11(16)12(10)17/h1-5,19H,(H2,18,20). The van der Waals surface area contributed by atoms with Gasteiger partial charge >= 0.3 is 0 Å². The van der Waals surface area contributed by atoms with E-state index >= 15 is 0 Å². The molecule has 20 heavy (non-hydrogen) atoms. The molecule has 0 fully saturated rings. The minimum absolute atomic E-state index is 0.0447. The van der Waals surface area contributed by atoms with E-state index in [2.05, 4.69) is 17.5 Å². The molecule has 0 saturated heterocycles. The largest absolute Gasteiger partial charge is 0.389 e. The number of halogens is 4. The number of thiocarbonyl (C=S) groups is 1. The Morgan fingerprint density at radius 3 is 2.30 bits per heavy atom. The van der Waals surface area contributed by atoms with E-state index in [-0.39, 0.29) is 26.9 Å². The predicted octanol–water partition coefficient (Wildman–Crippen LogP) is 4.14. The Bertz CT molecular complexity index is 692. The third-order valence-electron chi connectivity index (χ3n) is 2.55. The molecular weight excluding hydrogens is 309 g/mol. The Kier molecular flexibility index (Phi) is 4.15. The topological polar surface area (TPSA) is 38.0 Å². The lowest BCUT2D eigenvalue weighted by Crippen LogP contribution is -2.13. The summed E-state index contributed by atoms with van der Waals surface area (Å²) in [7, 11) is 0. The second-order valence-corrected chi connectivity index (χ2v) is 4.75. The third-order valence-corrected chi connectivity index (χ3v) is 3.08. The maximum Gasteiger partial charge on any atom is 0.182 e. The highest BCUT2D eigenvalue weighted by Crippen LogP contribution is 2.29. The van der Waals surface area contributed by atoms with Gasteiger partial charge in [-0.25, -0.2) is 13.2 Å². The fourth-order valence-electron chi connectivity index (χ4n) is 1.57. The normalized spacial score (nSPS) is 10.4. The van der Waals surface area contributed by atoms with Gasteiger partial charge in [0, 0.05) is 5.56 Å². The quantitative estimate of drug-likeness (QED) is 0.836. The van der Waals surface area contributed by atoms with Crippen molar-refractivity contribution in [1.82, 2.24) is 0 Å². The molecule has 2 aromatic carbocycles. The monoisotopic (exact) mass is 316 g/mol. The van der Waals surface area contributed by atoms with Crippen LogP contribution in [0.2, 0.25) is 5.02 Å². The van der Waals surface area contributed by atoms with Crippen molar-refractivity contribution in [1.29, 1.82) is 0 Å². The molecule has 0 amide bonds. The smallest absolute Gasteiger partial charge is 0.182 e. The third kappa shape index (κ3) is 2.86. The maximum atomic E-state index is 13.8. The average Bonchev–Trinajstić information content (AvgIpc) is 2.37. The van der Waals surface area contributed by atoms with Gasteiger partial charge in [-0.05, 0) is 30.3 Å². The molecule has 0 aliphatic carbocycles. The van der Waals surface area contributed by atoms with E-state index in [1.807, 2.05) is 0 Å². The van der Waals surface area contributed by atoms with Gasteiger partial charge in [0.25, 0.3) is 0 Å². The molecule has 2 nitrogen and oxygen atoms in total. The van der Waals surface area contributed by atoms with Gasteiger partial charge in [0.05, 0.1) is 16.4 Å². The van der Waals surface area contributed by atoms with Crippen LogP contribution in [0.15, 0.2) is 30.3 Å². The number of hydrogen-bond acceptors (Lipinski definition) is 2. The van der Waals surface area contributed by atoms with Crippen LogP contribution in [-0.2, 0) is 0 Å². The van der Waals surface area contributed by atoms with Crippen molar-refractivity contribution in [2.45, 2.75) is 0 Å². The lowest BCUT2D eigenvalue weighted by molar-refractivity contribution is 0.510. The fourth-order valence-corrected chi connectivity index (χ4v) is 1.94. The zero-order valence-electron chi connectivity index (χ0n) is 9.88. The molecule has 0 spiro atoms. The second-order valence-electron chi connectivity index (χ2n) is 3.90. The van der Waals surface area contributed by atoms with Crippen LogP contribution in [0.25, 0.3) is 0 Å². The lowest BCUT2D eigenvalue weighted by Gasteiger charge is -2.11. The first kappa shape index (κ1) is 14.6. The SMILES string of the molecule is NC(=S)c1ccc(Nc2ccc(F)cc2Cl)c(F)c1F. The summed E-state index contributed by atoms with van der Waals surface area (Å²) < 4.78 is 40.5. The molecule has 0 saturated carbocycles. The van der Waals surface area contributed by atoms with E-state index in [1.54, 1.807) is 0 Å². The minimum atomic E-state index is -1.15. The van der Waals surface area contributed by atoms with Crippen LogP contribution in [0.3, 0.4) is 0 Å². The zero-order chi connectivity index (χ0) is 14.9. The van der Waals surface area contributed by atoms with E-state index < -0.39 is 17.5 Å². The first-order valence-electron chi connectivity index (χ1n) is 5.40. The summed E-state index contributed by atoms with van der Waals surface area (Å²) in [5.74, 6) is -2.83. The molecule has 104 valence electrons. The van der Waals surface area contributed by atoms with Gasteiger partial charge in [-0.1, -0.05) is 23.8 Å². The highest BCUT2D eigenvalue weighted by Gasteiger charge is 2.15. The van der Waals surface area contributed by atoms with Gasteiger partial charge in [0.15, 0.2) is 11.6 Å². The summed E-state index contributed by atoms with van der Waals surface area (Å²) in [6, 6.07) is 6.04. The lowest BCUT2D eigenvalue weighted by atomic mass is 10.1. The van der Waals surface area contributed by atoms with E-state index in [0.29, 0.717) is 0 Å². The van der Waals surface area contributed by atoms with E-state index in [9.17, 15) is 13.2 Å². The number of rotatable bonds is 3. The van der Waals surface area contributed by atoms with Gasteiger partial charge in [0.2, 0.25) is 0 Å². The molecule has 2 aromatic rings. The molecule has 3 N–H and O–H groups in total. The first-order chi connectivity index (χ1) is 9.40. The Morgan fingerprint density at radius 1 is 1.05 bits per heavy atom. The van der Waals surface area contributed by atoms with Gasteiger partial charge in [-0.3, -0.25) is 0 Å². The molecule has 0 aliphatic rings. The summed E-state index contributed by atoms with van der Waals surface area (Å²) in [5, 5.41) is 2.62. The maximum absolute atomic E-state index is 13.8. The molecule has 0 aromatic heterocycles. The van der Waals surface area contributed by atoms with Crippen LogP contribution in [0, 0.1) is 17.5 Å². The molecule has 2 rings (SSSR count). The van der Waals surface area contributed by atoms with Crippen LogP contribution < -0.4 is 11.1 Å². The Hall–Kier alpha value is -1.79. The summed E-state index contributed by atoms with van der Waals surface area (Å²) >= 11 is 10.4. The first-order valence-corrected chi connectivity index (χ1v) is 6.18. The Morgan fingerprint density at radius 2 is 1.70 bits per heavy atom. The van der Waals surface area contributed by atoms with Crippen molar-refractivity contribution in [3.63, 3.8) is 0 Å². The summed E-state index contributed by atoms with van der Waals surface area (Å²) in [5.41, 5.74) is 5.17. The molecule has 0 heterocycles. The van der Waals surface area contributed by atoms with E-state index in [4.69, 9.17) is 17.3 Å². The summed E-state index contributed by atoms with van der Waals surface area (Å²) in [4.78, 5) is -0.243. The second kappa shape index (κ2) is 5.68.